The third kappa shape index (κ3) is 5.33. The Morgan fingerprint density at radius 1 is 0.974 bits per heavy atom. The lowest BCUT2D eigenvalue weighted by atomic mass is 9.71. The van der Waals surface area contributed by atoms with Gasteiger partial charge in [0.2, 0.25) is 0 Å². The summed E-state index contributed by atoms with van der Waals surface area (Å²) in [4.78, 5) is 27.5. The van der Waals surface area contributed by atoms with E-state index < -0.39 is 11.9 Å². The van der Waals surface area contributed by atoms with Crippen molar-refractivity contribution in [3.63, 3.8) is 0 Å². The van der Waals surface area contributed by atoms with E-state index in [1.807, 2.05) is 51.1 Å². The molecule has 0 saturated carbocycles. The summed E-state index contributed by atoms with van der Waals surface area (Å²) in [6.45, 7) is 5.66. The average molecular weight is 536 g/mol. The number of carbonyl (C=O) groups is 2. The molecule has 0 aromatic heterocycles. The number of hydrogen-bond acceptors (Lipinski definition) is 8. The zero-order chi connectivity index (χ0) is 28.3. The summed E-state index contributed by atoms with van der Waals surface area (Å²) in [5, 5.41) is 3.40. The van der Waals surface area contributed by atoms with Crippen LogP contribution in [0.5, 0.6) is 23.0 Å². The highest BCUT2D eigenvalue weighted by Crippen LogP contribution is 2.49. The standard InChI is InChI=1S/C31H37NO7/c1-8-17(2)39-31(34)27-18(3)32-22-14-20(19-12-13-24(35-4)26(16-19)37-6)15-23(33)29(22)28(27)21-10-9-11-25(36-5)30(21)38-7/h9-13,16-17,20,28,32H,8,14-15H2,1-7H3/t17-,20-,28-/m1/s1. The molecule has 0 unspecified atom stereocenters. The smallest absolute Gasteiger partial charge is 0.337 e. The molecule has 208 valence electrons. The van der Waals surface area contributed by atoms with Gasteiger partial charge in [0, 0.05) is 29.0 Å². The zero-order valence-corrected chi connectivity index (χ0v) is 23.7. The van der Waals surface area contributed by atoms with Gasteiger partial charge in [0.05, 0.1) is 46.0 Å². The number of Topliss-reactive ketones (excluding diaryl/α,β-unsaturated/α-hetero) is 1. The van der Waals surface area contributed by atoms with Crippen LogP contribution < -0.4 is 24.3 Å². The van der Waals surface area contributed by atoms with Crippen molar-refractivity contribution in [3.05, 3.63) is 70.1 Å². The minimum absolute atomic E-state index is 0.0419. The molecule has 2 aromatic rings. The van der Waals surface area contributed by atoms with Gasteiger partial charge in [-0.3, -0.25) is 4.79 Å². The van der Waals surface area contributed by atoms with Crippen LogP contribution in [0.4, 0.5) is 0 Å². The van der Waals surface area contributed by atoms with E-state index in [-0.39, 0.29) is 24.2 Å². The van der Waals surface area contributed by atoms with Crippen LogP contribution in [0.2, 0.25) is 0 Å². The Kier molecular flexibility index (Phi) is 8.53. The highest BCUT2D eigenvalue weighted by Gasteiger charge is 2.43. The summed E-state index contributed by atoms with van der Waals surface area (Å²) in [6, 6.07) is 11.3. The molecular formula is C31H37NO7. The molecule has 1 heterocycles. The van der Waals surface area contributed by atoms with Gasteiger partial charge in [-0.15, -0.1) is 0 Å². The first-order valence-corrected chi connectivity index (χ1v) is 13.2. The molecule has 1 aliphatic carbocycles. The van der Waals surface area contributed by atoms with E-state index in [0.717, 1.165) is 11.3 Å². The van der Waals surface area contributed by atoms with Crippen LogP contribution in [0.15, 0.2) is 58.9 Å². The fraction of sp³-hybridized carbons (Fsp3) is 0.419. The molecule has 0 saturated heterocycles. The van der Waals surface area contributed by atoms with Crippen molar-refractivity contribution in [1.82, 2.24) is 5.32 Å². The number of ketones is 1. The van der Waals surface area contributed by atoms with Gasteiger partial charge in [0.15, 0.2) is 28.8 Å². The van der Waals surface area contributed by atoms with Gasteiger partial charge in [0.25, 0.3) is 0 Å². The Labute approximate surface area is 229 Å². The maximum Gasteiger partial charge on any atom is 0.337 e. The molecule has 0 radical (unpaired) electrons. The second-order valence-corrected chi connectivity index (χ2v) is 9.84. The van der Waals surface area contributed by atoms with Crippen LogP contribution in [0.1, 0.15) is 63.0 Å². The van der Waals surface area contributed by atoms with Gasteiger partial charge in [-0.25, -0.2) is 4.79 Å². The lowest BCUT2D eigenvalue weighted by molar-refractivity contribution is -0.144. The van der Waals surface area contributed by atoms with Gasteiger partial charge in [-0.2, -0.15) is 0 Å². The van der Waals surface area contributed by atoms with Crippen molar-refractivity contribution in [3.8, 4) is 23.0 Å². The molecule has 3 atom stereocenters. The summed E-state index contributed by atoms with van der Waals surface area (Å²) >= 11 is 0. The summed E-state index contributed by atoms with van der Waals surface area (Å²) in [7, 11) is 6.31. The van der Waals surface area contributed by atoms with Crippen LogP contribution in [-0.4, -0.2) is 46.3 Å². The maximum absolute atomic E-state index is 14.0. The van der Waals surface area contributed by atoms with Crippen molar-refractivity contribution in [2.45, 2.75) is 58.0 Å². The Hall–Kier alpha value is -3.94. The van der Waals surface area contributed by atoms with E-state index in [1.54, 1.807) is 34.5 Å². The number of rotatable bonds is 9. The number of nitrogens with one attached hydrogen (secondary N) is 1. The molecule has 2 aliphatic rings. The molecular weight excluding hydrogens is 498 g/mol. The number of esters is 1. The molecule has 1 aliphatic heterocycles. The van der Waals surface area contributed by atoms with Gasteiger partial charge in [-0.05, 0) is 56.4 Å². The predicted molar refractivity (Wildman–Crippen MR) is 148 cm³/mol. The molecule has 0 spiro atoms. The summed E-state index contributed by atoms with van der Waals surface area (Å²) in [5.74, 6) is 1.02. The van der Waals surface area contributed by atoms with Crippen LogP contribution in [0, 0.1) is 0 Å². The first-order chi connectivity index (χ1) is 18.8. The first kappa shape index (κ1) is 28.1. The normalized spacial score (nSPS) is 19.6. The second-order valence-electron chi connectivity index (χ2n) is 9.84. The topological polar surface area (TPSA) is 92.3 Å². The number of allylic oxidation sites excluding steroid dienone is 3. The van der Waals surface area contributed by atoms with Gasteiger partial charge < -0.3 is 29.0 Å². The number of hydrogen-bond donors (Lipinski definition) is 1. The number of carbonyl (C=O) groups excluding carboxylic acids is 2. The molecule has 0 fully saturated rings. The van der Waals surface area contributed by atoms with E-state index in [1.165, 1.54) is 0 Å². The minimum Gasteiger partial charge on any atom is -0.493 e. The van der Waals surface area contributed by atoms with Crippen LogP contribution >= 0.6 is 0 Å². The minimum atomic E-state index is -0.665. The van der Waals surface area contributed by atoms with Crippen molar-refractivity contribution in [2.24, 2.45) is 0 Å². The highest BCUT2D eigenvalue weighted by atomic mass is 16.5. The van der Waals surface area contributed by atoms with Crippen molar-refractivity contribution >= 4 is 11.8 Å². The van der Waals surface area contributed by atoms with Crippen molar-refractivity contribution in [2.75, 3.05) is 28.4 Å². The molecule has 0 amide bonds. The number of para-hydroxylation sites is 1. The van der Waals surface area contributed by atoms with E-state index >= 15 is 0 Å². The lowest BCUT2D eigenvalue weighted by Gasteiger charge is -2.37. The molecule has 4 rings (SSSR count). The molecule has 8 nitrogen and oxygen atoms in total. The predicted octanol–water partition coefficient (Wildman–Crippen LogP) is 5.42. The largest absolute Gasteiger partial charge is 0.493 e. The number of methoxy groups -OCH3 is 4. The van der Waals surface area contributed by atoms with Crippen molar-refractivity contribution in [1.29, 1.82) is 0 Å². The van der Waals surface area contributed by atoms with Gasteiger partial charge in [0.1, 0.15) is 0 Å². The second kappa shape index (κ2) is 11.8. The average Bonchev–Trinajstić information content (AvgIpc) is 2.94. The van der Waals surface area contributed by atoms with Crippen LogP contribution in [0.3, 0.4) is 0 Å². The Morgan fingerprint density at radius 3 is 2.33 bits per heavy atom. The number of ether oxygens (including phenoxy) is 5. The van der Waals surface area contributed by atoms with E-state index in [2.05, 4.69) is 5.32 Å². The molecule has 1 N–H and O–H groups in total. The molecule has 39 heavy (non-hydrogen) atoms. The van der Waals surface area contributed by atoms with Crippen LogP contribution in [0.25, 0.3) is 0 Å². The first-order valence-electron chi connectivity index (χ1n) is 13.2. The number of dihydropyridines is 1. The lowest BCUT2D eigenvalue weighted by Crippen LogP contribution is -2.36. The molecule has 2 aromatic carbocycles. The van der Waals surface area contributed by atoms with Crippen LogP contribution in [-0.2, 0) is 14.3 Å². The summed E-state index contributed by atoms with van der Waals surface area (Å²) in [5.41, 5.74) is 4.06. The SMILES string of the molecule is CC[C@@H](C)OC(=O)C1=C(C)NC2=C(C(=O)C[C@H](c3ccc(OC)c(OC)c3)C2)[C@@H]1c1cccc(OC)c1OC. The Bertz CT molecular complexity index is 1330. The van der Waals surface area contributed by atoms with Gasteiger partial charge in [-0.1, -0.05) is 25.1 Å². The Morgan fingerprint density at radius 2 is 1.69 bits per heavy atom. The Balaban J connectivity index is 1.84. The van der Waals surface area contributed by atoms with Crippen molar-refractivity contribution < 1.29 is 33.3 Å². The zero-order valence-electron chi connectivity index (χ0n) is 23.7. The highest BCUT2D eigenvalue weighted by molar-refractivity contribution is 6.04. The molecule has 8 heteroatoms. The quantitative estimate of drug-likeness (QED) is 0.426. The third-order valence-corrected chi connectivity index (χ3v) is 7.55. The van der Waals surface area contributed by atoms with E-state index in [0.29, 0.717) is 58.2 Å². The molecule has 0 bridgehead atoms. The summed E-state index contributed by atoms with van der Waals surface area (Å²) < 4.78 is 28.0. The summed E-state index contributed by atoms with van der Waals surface area (Å²) in [6.07, 6.45) is 1.28. The van der Waals surface area contributed by atoms with Gasteiger partial charge >= 0.3 is 5.97 Å². The van der Waals surface area contributed by atoms with E-state index in [4.69, 9.17) is 23.7 Å². The fourth-order valence-corrected chi connectivity index (χ4v) is 5.43. The fourth-order valence-electron chi connectivity index (χ4n) is 5.43. The van der Waals surface area contributed by atoms with E-state index in [9.17, 15) is 9.59 Å². The monoisotopic (exact) mass is 535 g/mol. The maximum atomic E-state index is 14.0. The number of benzene rings is 2. The third-order valence-electron chi connectivity index (χ3n) is 7.55.